The number of hydrogen-bond donors (Lipinski definition) is 1. The van der Waals surface area contributed by atoms with E-state index in [0.29, 0.717) is 6.04 Å². The van der Waals surface area contributed by atoms with E-state index in [4.69, 9.17) is 4.74 Å². The molecule has 0 spiro atoms. The Morgan fingerprint density at radius 2 is 2.25 bits per heavy atom. The normalized spacial score (nSPS) is 26.6. The van der Waals surface area contributed by atoms with E-state index in [1.807, 2.05) is 18.3 Å². The van der Waals surface area contributed by atoms with Crippen LogP contribution in [0.2, 0.25) is 0 Å². The van der Waals surface area contributed by atoms with Gasteiger partial charge in [-0.25, -0.2) is 0 Å². The SMILES string of the molecule is CCC1(C)CC(Nc2cnc3ccccc3c2)CCO1. The van der Waals surface area contributed by atoms with Crippen LogP contribution < -0.4 is 5.32 Å². The van der Waals surface area contributed by atoms with Gasteiger partial charge in [-0.2, -0.15) is 0 Å². The first-order chi connectivity index (χ1) is 9.68. The minimum absolute atomic E-state index is 0.0141. The summed E-state index contributed by atoms with van der Waals surface area (Å²) in [7, 11) is 0. The highest BCUT2D eigenvalue weighted by atomic mass is 16.5. The topological polar surface area (TPSA) is 34.2 Å². The standard InChI is InChI=1S/C17H22N2O/c1-3-17(2)11-14(8-9-20-17)19-15-10-13-6-4-5-7-16(13)18-12-15/h4-7,10,12,14,19H,3,8-9,11H2,1-2H3. The van der Waals surface area contributed by atoms with Crippen molar-refractivity contribution < 1.29 is 4.74 Å². The van der Waals surface area contributed by atoms with Gasteiger partial charge in [0.1, 0.15) is 0 Å². The summed E-state index contributed by atoms with van der Waals surface area (Å²) >= 11 is 0. The summed E-state index contributed by atoms with van der Waals surface area (Å²) in [4.78, 5) is 4.51. The van der Waals surface area contributed by atoms with Crippen molar-refractivity contribution in [3.63, 3.8) is 0 Å². The second kappa shape index (κ2) is 5.41. The van der Waals surface area contributed by atoms with Crippen molar-refractivity contribution in [3.05, 3.63) is 36.5 Å². The molecule has 0 saturated carbocycles. The third-order valence-corrected chi connectivity index (χ3v) is 4.30. The molecule has 2 atom stereocenters. The molecule has 0 amide bonds. The number of pyridine rings is 1. The molecule has 1 fully saturated rings. The summed E-state index contributed by atoms with van der Waals surface area (Å²) in [6.07, 6.45) is 5.10. The Morgan fingerprint density at radius 3 is 3.10 bits per heavy atom. The lowest BCUT2D eigenvalue weighted by atomic mass is 9.90. The molecule has 2 aromatic rings. The van der Waals surface area contributed by atoms with E-state index in [-0.39, 0.29) is 5.60 Å². The average molecular weight is 270 g/mol. The minimum Gasteiger partial charge on any atom is -0.381 e. The first-order valence-corrected chi connectivity index (χ1v) is 7.44. The van der Waals surface area contributed by atoms with Crippen molar-refractivity contribution >= 4 is 16.6 Å². The zero-order valence-corrected chi connectivity index (χ0v) is 12.2. The number of para-hydroxylation sites is 1. The second-order valence-corrected chi connectivity index (χ2v) is 5.90. The summed E-state index contributed by atoms with van der Waals surface area (Å²) < 4.78 is 5.90. The molecule has 0 bridgehead atoms. The Labute approximate surface area is 120 Å². The smallest absolute Gasteiger partial charge is 0.0703 e. The molecule has 1 aliphatic rings. The number of anilines is 1. The van der Waals surface area contributed by atoms with Crippen LogP contribution in [0.25, 0.3) is 10.9 Å². The number of rotatable bonds is 3. The Bertz CT molecular complexity index is 598. The number of benzene rings is 1. The molecule has 20 heavy (non-hydrogen) atoms. The molecule has 1 aromatic heterocycles. The van der Waals surface area contributed by atoms with E-state index in [9.17, 15) is 0 Å². The van der Waals surface area contributed by atoms with E-state index < -0.39 is 0 Å². The predicted octanol–water partition coefficient (Wildman–Crippen LogP) is 3.99. The van der Waals surface area contributed by atoms with Crippen LogP contribution in [-0.2, 0) is 4.74 Å². The first kappa shape index (κ1) is 13.4. The van der Waals surface area contributed by atoms with E-state index in [1.54, 1.807) is 0 Å². The molecule has 0 radical (unpaired) electrons. The third-order valence-electron chi connectivity index (χ3n) is 4.30. The molecule has 3 heteroatoms. The van der Waals surface area contributed by atoms with Crippen LogP contribution in [0.4, 0.5) is 5.69 Å². The number of nitrogens with one attached hydrogen (secondary N) is 1. The molecule has 0 aliphatic carbocycles. The fourth-order valence-corrected chi connectivity index (χ4v) is 2.89. The molecule has 1 aromatic carbocycles. The van der Waals surface area contributed by atoms with Crippen LogP contribution in [0.1, 0.15) is 33.1 Å². The van der Waals surface area contributed by atoms with Gasteiger partial charge in [-0.05, 0) is 38.3 Å². The summed E-state index contributed by atoms with van der Waals surface area (Å²) in [5.74, 6) is 0. The van der Waals surface area contributed by atoms with Crippen LogP contribution in [0.15, 0.2) is 36.5 Å². The Hall–Kier alpha value is -1.61. The minimum atomic E-state index is 0.0141. The monoisotopic (exact) mass is 270 g/mol. The number of fused-ring (bicyclic) bond motifs is 1. The van der Waals surface area contributed by atoms with Crippen molar-refractivity contribution in [3.8, 4) is 0 Å². The molecule has 1 aliphatic heterocycles. The number of aromatic nitrogens is 1. The van der Waals surface area contributed by atoms with Gasteiger partial charge in [-0.15, -0.1) is 0 Å². The average Bonchev–Trinajstić information content (AvgIpc) is 2.47. The summed E-state index contributed by atoms with van der Waals surface area (Å²) in [5.41, 5.74) is 2.16. The van der Waals surface area contributed by atoms with Gasteiger partial charge in [0.25, 0.3) is 0 Å². The van der Waals surface area contributed by atoms with Gasteiger partial charge in [0.15, 0.2) is 0 Å². The van der Waals surface area contributed by atoms with Gasteiger partial charge >= 0.3 is 0 Å². The van der Waals surface area contributed by atoms with Crippen LogP contribution in [0, 0.1) is 0 Å². The van der Waals surface area contributed by atoms with Crippen molar-refractivity contribution in [1.29, 1.82) is 0 Å². The maximum absolute atomic E-state index is 5.90. The highest BCUT2D eigenvalue weighted by molar-refractivity contribution is 5.81. The molecule has 2 heterocycles. The van der Waals surface area contributed by atoms with Crippen LogP contribution >= 0.6 is 0 Å². The molecule has 3 nitrogen and oxygen atoms in total. The maximum atomic E-state index is 5.90. The zero-order chi connectivity index (χ0) is 14.0. The van der Waals surface area contributed by atoms with Crippen molar-refractivity contribution in [2.24, 2.45) is 0 Å². The van der Waals surface area contributed by atoms with Gasteiger partial charge in [0.05, 0.1) is 23.0 Å². The Balaban J connectivity index is 1.75. The Morgan fingerprint density at radius 1 is 1.40 bits per heavy atom. The molecular weight excluding hydrogens is 248 g/mol. The van der Waals surface area contributed by atoms with Gasteiger partial charge in [-0.1, -0.05) is 25.1 Å². The molecule has 3 rings (SSSR count). The maximum Gasteiger partial charge on any atom is 0.0703 e. The van der Waals surface area contributed by atoms with Crippen LogP contribution in [-0.4, -0.2) is 23.2 Å². The van der Waals surface area contributed by atoms with Gasteiger partial charge in [-0.3, -0.25) is 4.98 Å². The fraction of sp³-hybridized carbons (Fsp3) is 0.471. The lowest BCUT2D eigenvalue weighted by molar-refractivity contribution is -0.0708. The molecule has 1 N–H and O–H groups in total. The summed E-state index contributed by atoms with van der Waals surface area (Å²) in [6, 6.07) is 10.9. The number of hydrogen-bond acceptors (Lipinski definition) is 3. The van der Waals surface area contributed by atoms with Crippen LogP contribution in [0.3, 0.4) is 0 Å². The summed E-state index contributed by atoms with van der Waals surface area (Å²) in [5, 5.41) is 4.80. The largest absolute Gasteiger partial charge is 0.381 e. The molecule has 1 saturated heterocycles. The van der Waals surface area contributed by atoms with E-state index in [1.165, 1.54) is 5.39 Å². The fourth-order valence-electron chi connectivity index (χ4n) is 2.89. The zero-order valence-electron chi connectivity index (χ0n) is 12.2. The molecule has 106 valence electrons. The first-order valence-electron chi connectivity index (χ1n) is 7.44. The van der Waals surface area contributed by atoms with E-state index in [0.717, 1.165) is 37.1 Å². The van der Waals surface area contributed by atoms with Crippen molar-refractivity contribution in [2.45, 2.75) is 44.8 Å². The van der Waals surface area contributed by atoms with Gasteiger partial charge < -0.3 is 10.1 Å². The lowest BCUT2D eigenvalue weighted by Gasteiger charge is -2.38. The highest BCUT2D eigenvalue weighted by Crippen LogP contribution is 2.29. The third kappa shape index (κ3) is 2.78. The lowest BCUT2D eigenvalue weighted by Crippen LogP contribution is -2.41. The molecule has 2 unspecified atom stereocenters. The van der Waals surface area contributed by atoms with Gasteiger partial charge in [0.2, 0.25) is 0 Å². The van der Waals surface area contributed by atoms with Crippen molar-refractivity contribution in [2.75, 3.05) is 11.9 Å². The number of nitrogens with zero attached hydrogens (tertiary/aromatic N) is 1. The highest BCUT2D eigenvalue weighted by Gasteiger charge is 2.31. The number of ether oxygens (including phenoxy) is 1. The van der Waals surface area contributed by atoms with Crippen LogP contribution in [0.5, 0.6) is 0 Å². The van der Waals surface area contributed by atoms with E-state index >= 15 is 0 Å². The van der Waals surface area contributed by atoms with Crippen molar-refractivity contribution in [1.82, 2.24) is 4.98 Å². The molecular formula is C17H22N2O. The quantitative estimate of drug-likeness (QED) is 0.915. The van der Waals surface area contributed by atoms with E-state index in [2.05, 4.69) is 42.3 Å². The predicted molar refractivity (Wildman–Crippen MR) is 83.0 cm³/mol. The Kier molecular flexibility index (Phi) is 3.62. The second-order valence-electron chi connectivity index (χ2n) is 5.90. The summed E-state index contributed by atoms with van der Waals surface area (Å²) in [6.45, 7) is 5.24. The van der Waals surface area contributed by atoms with Gasteiger partial charge in [0, 0.05) is 18.0 Å².